The number of urea groups is 1. The van der Waals surface area contributed by atoms with Gasteiger partial charge in [0, 0.05) is 13.1 Å². The van der Waals surface area contributed by atoms with Gasteiger partial charge in [0.15, 0.2) is 0 Å². The predicted molar refractivity (Wildman–Crippen MR) is 93.9 cm³/mol. The Morgan fingerprint density at radius 2 is 1.84 bits per heavy atom. The summed E-state index contributed by atoms with van der Waals surface area (Å²) in [5.41, 5.74) is -0.767. The first-order valence-corrected chi connectivity index (χ1v) is 9.57. The Hall–Kier alpha value is -1.63. The highest BCUT2D eigenvalue weighted by Crippen LogP contribution is 2.37. The Bertz CT molecular complexity index is 536. The van der Waals surface area contributed by atoms with E-state index in [9.17, 15) is 14.4 Å². The van der Waals surface area contributed by atoms with Crippen LogP contribution in [0.4, 0.5) is 4.79 Å². The van der Waals surface area contributed by atoms with Crippen molar-refractivity contribution >= 4 is 17.8 Å². The molecule has 0 atom stereocenters. The van der Waals surface area contributed by atoms with E-state index in [1.807, 2.05) is 0 Å². The third kappa shape index (κ3) is 3.52. The normalized spacial score (nSPS) is 30.6. The van der Waals surface area contributed by atoms with Crippen molar-refractivity contribution in [3.05, 3.63) is 0 Å². The van der Waals surface area contributed by atoms with Crippen LogP contribution in [0.1, 0.15) is 51.9 Å². The smallest absolute Gasteiger partial charge is 0.325 e. The lowest BCUT2D eigenvalue weighted by Crippen LogP contribution is -2.51. The molecule has 2 aliphatic heterocycles. The summed E-state index contributed by atoms with van der Waals surface area (Å²) in [5, 5.41) is 6.17. The Morgan fingerprint density at radius 1 is 1.20 bits per heavy atom. The van der Waals surface area contributed by atoms with E-state index in [2.05, 4.69) is 17.6 Å². The number of hydrogen-bond donors (Lipinski definition) is 2. The van der Waals surface area contributed by atoms with E-state index in [1.54, 1.807) is 11.9 Å². The van der Waals surface area contributed by atoms with Crippen LogP contribution in [0.2, 0.25) is 0 Å². The molecular weight excluding hydrogens is 320 g/mol. The Morgan fingerprint density at radius 3 is 2.44 bits per heavy atom. The van der Waals surface area contributed by atoms with Crippen LogP contribution in [0.15, 0.2) is 0 Å². The Kier molecular flexibility index (Phi) is 5.32. The van der Waals surface area contributed by atoms with Crippen LogP contribution in [0, 0.1) is 5.92 Å². The molecule has 7 nitrogen and oxygen atoms in total. The minimum absolute atomic E-state index is 0.149. The standard InChI is InChI=1S/C18H30N4O3/c1-3-13-4-8-18(9-5-13)16(24)22(17(25)20-18)12-15(23)21(2)14-6-10-19-11-7-14/h13-14,19H,3-12H2,1-2H3,(H,20,25). The summed E-state index contributed by atoms with van der Waals surface area (Å²) >= 11 is 0. The molecule has 3 rings (SSSR count). The van der Waals surface area contributed by atoms with E-state index in [-0.39, 0.29) is 24.4 Å². The summed E-state index contributed by atoms with van der Waals surface area (Å²) < 4.78 is 0. The van der Waals surface area contributed by atoms with Crippen LogP contribution < -0.4 is 10.6 Å². The molecule has 1 spiro atoms. The van der Waals surface area contributed by atoms with Gasteiger partial charge in [0.25, 0.3) is 5.91 Å². The molecule has 1 aliphatic carbocycles. The van der Waals surface area contributed by atoms with Gasteiger partial charge in [-0.25, -0.2) is 4.79 Å². The largest absolute Gasteiger partial charge is 0.341 e. The number of hydrogen-bond acceptors (Lipinski definition) is 4. The minimum atomic E-state index is -0.767. The number of carbonyl (C=O) groups excluding carboxylic acids is 3. The molecule has 2 N–H and O–H groups in total. The summed E-state index contributed by atoms with van der Waals surface area (Å²) in [6, 6.07) is -0.226. The van der Waals surface area contributed by atoms with Crippen molar-refractivity contribution in [2.75, 3.05) is 26.7 Å². The summed E-state index contributed by atoms with van der Waals surface area (Å²) in [5.74, 6) is 0.269. The molecule has 2 heterocycles. The van der Waals surface area contributed by atoms with Crippen molar-refractivity contribution in [1.29, 1.82) is 0 Å². The van der Waals surface area contributed by atoms with Gasteiger partial charge in [-0.1, -0.05) is 13.3 Å². The number of nitrogens with one attached hydrogen (secondary N) is 2. The van der Waals surface area contributed by atoms with Crippen molar-refractivity contribution in [3.8, 4) is 0 Å². The fourth-order valence-corrected chi connectivity index (χ4v) is 4.38. The highest BCUT2D eigenvalue weighted by molar-refractivity contribution is 6.09. The molecule has 0 aromatic rings. The molecule has 3 fully saturated rings. The second-order valence-electron chi connectivity index (χ2n) is 7.74. The van der Waals surface area contributed by atoms with E-state index in [4.69, 9.17) is 0 Å². The second kappa shape index (κ2) is 7.32. The van der Waals surface area contributed by atoms with Crippen LogP contribution in [0.25, 0.3) is 0 Å². The molecule has 0 aromatic heterocycles. The molecule has 0 bridgehead atoms. The number of nitrogens with zero attached hydrogens (tertiary/aromatic N) is 2. The van der Waals surface area contributed by atoms with Crippen molar-refractivity contribution in [2.24, 2.45) is 5.92 Å². The van der Waals surface area contributed by atoms with Crippen LogP contribution in [-0.4, -0.2) is 65.9 Å². The lowest BCUT2D eigenvalue weighted by atomic mass is 9.75. The van der Waals surface area contributed by atoms with E-state index < -0.39 is 11.6 Å². The lowest BCUT2D eigenvalue weighted by Gasteiger charge is -2.35. The predicted octanol–water partition coefficient (Wildman–Crippen LogP) is 1.09. The molecule has 0 unspecified atom stereocenters. The number of likely N-dealkylation sites (N-methyl/N-ethyl adjacent to an activating group) is 1. The SMILES string of the molecule is CCC1CCC2(CC1)NC(=O)N(CC(=O)N(C)C1CCNCC1)C2=O. The fraction of sp³-hybridized carbons (Fsp3) is 0.833. The Labute approximate surface area is 149 Å². The van der Waals surface area contributed by atoms with Gasteiger partial charge < -0.3 is 15.5 Å². The fourth-order valence-electron chi connectivity index (χ4n) is 4.38. The molecule has 25 heavy (non-hydrogen) atoms. The van der Waals surface area contributed by atoms with Gasteiger partial charge >= 0.3 is 6.03 Å². The van der Waals surface area contributed by atoms with Gasteiger partial charge in [-0.3, -0.25) is 14.5 Å². The zero-order valence-corrected chi connectivity index (χ0v) is 15.3. The molecule has 3 aliphatic rings. The maximum Gasteiger partial charge on any atom is 0.325 e. The maximum absolute atomic E-state index is 12.9. The number of piperidine rings is 1. The highest BCUT2D eigenvalue weighted by atomic mass is 16.2. The molecule has 0 aromatic carbocycles. The van der Waals surface area contributed by atoms with E-state index >= 15 is 0 Å². The maximum atomic E-state index is 12.9. The second-order valence-corrected chi connectivity index (χ2v) is 7.74. The third-order valence-electron chi connectivity index (χ3n) is 6.33. The van der Waals surface area contributed by atoms with E-state index in [0.717, 1.165) is 50.1 Å². The number of amides is 4. The lowest BCUT2D eigenvalue weighted by molar-refractivity contribution is -0.140. The molecule has 140 valence electrons. The molecule has 1 saturated carbocycles. The molecule has 2 saturated heterocycles. The molecule has 4 amide bonds. The summed E-state index contributed by atoms with van der Waals surface area (Å²) in [7, 11) is 1.78. The summed E-state index contributed by atoms with van der Waals surface area (Å²) in [6.07, 6.45) is 6.21. The van der Waals surface area contributed by atoms with Crippen molar-refractivity contribution in [3.63, 3.8) is 0 Å². The van der Waals surface area contributed by atoms with Gasteiger partial charge in [-0.15, -0.1) is 0 Å². The van der Waals surface area contributed by atoms with Crippen molar-refractivity contribution < 1.29 is 14.4 Å². The number of imide groups is 1. The summed E-state index contributed by atoms with van der Waals surface area (Å²) in [4.78, 5) is 40.7. The highest BCUT2D eigenvalue weighted by Gasteiger charge is 2.52. The average Bonchev–Trinajstić information content (AvgIpc) is 2.86. The first kappa shape index (κ1) is 18.2. The third-order valence-corrected chi connectivity index (χ3v) is 6.33. The Balaban J connectivity index is 1.61. The van der Waals surface area contributed by atoms with Gasteiger partial charge in [0.1, 0.15) is 12.1 Å². The van der Waals surface area contributed by atoms with Crippen LogP contribution >= 0.6 is 0 Å². The van der Waals surface area contributed by atoms with Crippen LogP contribution in [0.5, 0.6) is 0 Å². The first-order chi connectivity index (χ1) is 12.0. The van der Waals surface area contributed by atoms with Gasteiger partial charge in [0.05, 0.1) is 0 Å². The molecule has 7 heteroatoms. The van der Waals surface area contributed by atoms with Crippen molar-refractivity contribution in [1.82, 2.24) is 20.4 Å². The van der Waals surface area contributed by atoms with Crippen LogP contribution in [-0.2, 0) is 9.59 Å². The minimum Gasteiger partial charge on any atom is -0.341 e. The zero-order valence-electron chi connectivity index (χ0n) is 15.3. The van der Waals surface area contributed by atoms with Gasteiger partial charge in [0.2, 0.25) is 5.91 Å². The topological polar surface area (TPSA) is 81.8 Å². The van der Waals surface area contributed by atoms with E-state index in [1.165, 1.54) is 0 Å². The number of carbonyl (C=O) groups is 3. The quantitative estimate of drug-likeness (QED) is 0.744. The number of rotatable bonds is 4. The monoisotopic (exact) mass is 350 g/mol. The van der Waals surface area contributed by atoms with Crippen LogP contribution in [0.3, 0.4) is 0 Å². The molecular formula is C18H30N4O3. The van der Waals surface area contributed by atoms with Crippen molar-refractivity contribution in [2.45, 2.75) is 63.5 Å². The average molecular weight is 350 g/mol. The summed E-state index contributed by atoms with van der Waals surface area (Å²) in [6.45, 7) is 3.81. The zero-order chi connectivity index (χ0) is 18.0. The molecule has 0 radical (unpaired) electrons. The first-order valence-electron chi connectivity index (χ1n) is 9.57. The van der Waals surface area contributed by atoms with E-state index in [0.29, 0.717) is 18.8 Å². The van der Waals surface area contributed by atoms with Gasteiger partial charge in [-0.05, 0) is 57.5 Å². The van der Waals surface area contributed by atoms with Gasteiger partial charge in [-0.2, -0.15) is 0 Å².